The van der Waals surface area contributed by atoms with Gasteiger partial charge in [-0.1, -0.05) is 6.42 Å². The lowest BCUT2D eigenvalue weighted by Crippen LogP contribution is -2.02. The minimum Gasteiger partial charge on any atom is -0.494 e. The molecule has 0 spiro atoms. The summed E-state index contributed by atoms with van der Waals surface area (Å²) >= 11 is 0. The smallest absolute Gasteiger partial charge is 0.335 e. The molecule has 0 amide bonds. The zero-order valence-corrected chi connectivity index (χ0v) is 10.7. The van der Waals surface area contributed by atoms with Crippen LogP contribution in [-0.4, -0.2) is 29.4 Å². The second-order valence-electron chi connectivity index (χ2n) is 4.27. The summed E-state index contributed by atoms with van der Waals surface area (Å²) in [5, 5.41) is 17.5. The minimum absolute atomic E-state index is 0.247. The summed E-state index contributed by atoms with van der Waals surface area (Å²) in [6, 6.07) is 5.00. The van der Waals surface area contributed by atoms with E-state index in [1.807, 2.05) is 0 Å². The van der Waals surface area contributed by atoms with Crippen LogP contribution >= 0.6 is 0 Å². The van der Waals surface area contributed by atoms with Gasteiger partial charge in [-0.3, -0.25) is 0 Å². The Bertz CT molecular complexity index is 387. The number of benzene rings is 1. The number of carboxylic acids is 1. The average molecular weight is 252 g/mol. The van der Waals surface area contributed by atoms with E-state index < -0.39 is 5.97 Å². The average Bonchev–Trinajstić information content (AvgIpc) is 2.33. The number of hydrogen-bond donors (Lipinski definition) is 2. The maximum atomic E-state index is 10.8. The van der Waals surface area contributed by atoms with E-state index in [2.05, 4.69) is 0 Å². The lowest BCUT2D eigenvalue weighted by molar-refractivity contribution is 0.0696. The van der Waals surface area contributed by atoms with Gasteiger partial charge in [0, 0.05) is 6.61 Å². The molecule has 0 aliphatic rings. The van der Waals surface area contributed by atoms with Crippen molar-refractivity contribution in [3.05, 3.63) is 29.3 Å². The molecule has 1 aromatic rings. The Hall–Kier alpha value is -1.55. The number of hydrogen-bond acceptors (Lipinski definition) is 3. The van der Waals surface area contributed by atoms with Gasteiger partial charge in [0.25, 0.3) is 0 Å². The Morgan fingerprint density at radius 1 is 1.22 bits per heavy atom. The molecule has 18 heavy (non-hydrogen) atoms. The van der Waals surface area contributed by atoms with Gasteiger partial charge in [-0.25, -0.2) is 4.79 Å². The molecule has 2 N–H and O–H groups in total. The van der Waals surface area contributed by atoms with Gasteiger partial charge >= 0.3 is 5.97 Å². The molecule has 100 valence electrons. The molecule has 0 heterocycles. The molecule has 0 aromatic heterocycles. The highest BCUT2D eigenvalue weighted by Gasteiger charge is 2.07. The highest BCUT2D eigenvalue weighted by molar-refractivity contribution is 5.89. The van der Waals surface area contributed by atoms with E-state index in [0.717, 1.165) is 25.7 Å². The Labute approximate surface area is 107 Å². The first-order chi connectivity index (χ1) is 8.65. The molecule has 1 rings (SSSR count). The zero-order chi connectivity index (χ0) is 13.4. The van der Waals surface area contributed by atoms with Crippen LogP contribution in [0.2, 0.25) is 0 Å². The molecule has 0 aliphatic carbocycles. The van der Waals surface area contributed by atoms with Crippen molar-refractivity contribution in [3.8, 4) is 5.75 Å². The second-order valence-corrected chi connectivity index (χ2v) is 4.27. The summed E-state index contributed by atoms with van der Waals surface area (Å²) in [4.78, 5) is 10.8. The molecule has 0 bridgehead atoms. The number of aryl methyl sites for hydroxylation is 1. The van der Waals surface area contributed by atoms with Crippen molar-refractivity contribution in [2.45, 2.75) is 32.6 Å². The van der Waals surface area contributed by atoms with Crippen LogP contribution in [0.4, 0.5) is 0 Å². The van der Waals surface area contributed by atoms with Gasteiger partial charge < -0.3 is 14.9 Å². The van der Waals surface area contributed by atoms with E-state index in [-0.39, 0.29) is 6.61 Å². The lowest BCUT2D eigenvalue weighted by Gasteiger charge is -2.08. The predicted molar refractivity (Wildman–Crippen MR) is 69.2 cm³/mol. The van der Waals surface area contributed by atoms with Crippen molar-refractivity contribution in [2.75, 3.05) is 13.2 Å². The number of carbonyl (C=O) groups is 1. The van der Waals surface area contributed by atoms with E-state index in [9.17, 15) is 4.79 Å². The SMILES string of the molecule is Cc1cc(OCCCCCCO)ccc1C(=O)O. The monoisotopic (exact) mass is 252 g/mol. The maximum Gasteiger partial charge on any atom is 0.335 e. The fraction of sp³-hybridized carbons (Fsp3) is 0.500. The number of aliphatic hydroxyl groups excluding tert-OH is 1. The van der Waals surface area contributed by atoms with Gasteiger partial charge in [-0.2, -0.15) is 0 Å². The van der Waals surface area contributed by atoms with Gasteiger partial charge in [0.05, 0.1) is 12.2 Å². The van der Waals surface area contributed by atoms with E-state index in [0.29, 0.717) is 23.5 Å². The fourth-order valence-corrected chi connectivity index (χ4v) is 1.72. The number of aliphatic hydroxyl groups is 1. The summed E-state index contributed by atoms with van der Waals surface area (Å²) in [6.07, 6.45) is 3.83. The number of ether oxygens (including phenoxy) is 1. The van der Waals surface area contributed by atoms with E-state index in [4.69, 9.17) is 14.9 Å². The molecule has 0 saturated carbocycles. The molecule has 0 fully saturated rings. The Kier molecular flexibility index (Phi) is 6.22. The summed E-state index contributed by atoms with van der Waals surface area (Å²) in [5.74, 6) is -0.206. The van der Waals surface area contributed by atoms with Crippen LogP contribution in [0.1, 0.15) is 41.6 Å². The van der Waals surface area contributed by atoms with Crippen LogP contribution in [0.5, 0.6) is 5.75 Å². The van der Waals surface area contributed by atoms with E-state index in [1.165, 1.54) is 0 Å². The number of aromatic carboxylic acids is 1. The van der Waals surface area contributed by atoms with E-state index >= 15 is 0 Å². The fourth-order valence-electron chi connectivity index (χ4n) is 1.72. The molecular formula is C14H20O4. The van der Waals surface area contributed by atoms with Crippen molar-refractivity contribution in [2.24, 2.45) is 0 Å². The number of rotatable bonds is 8. The molecule has 0 radical (unpaired) electrons. The molecule has 1 aromatic carbocycles. The van der Waals surface area contributed by atoms with Gasteiger partial charge in [0.15, 0.2) is 0 Å². The first-order valence-electron chi connectivity index (χ1n) is 6.22. The largest absolute Gasteiger partial charge is 0.494 e. The predicted octanol–water partition coefficient (Wildman–Crippen LogP) is 2.62. The highest BCUT2D eigenvalue weighted by Crippen LogP contribution is 2.17. The van der Waals surface area contributed by atoms with Crippen molar-refractivity contribution in [3.63, 3.8) is 0 Å². The van der Waals surface area contributed by atoms with Crippen LogP contribution in [0, 0.1) is 6.92 Å². The van der Waals surface area contributed by atoms with Gasteiger partial charge in [0.1, 0.15) is 5.75 Å². The first kappa shape index (κ1) is 14.5. The quantitative estimate of drug-likeness (QED) is 0.698. The summed E-state index contributed by atoms with van der Waals surface area (Å²) in [7, 11) is 0. The lowest BCUT2D eigenvalue weighted by atomic mass is 10.1. The Morgan fingerprint density at radius 2 is 1.94 bits per heavy atom. The first-order valence-corrected chi connectivity index (χ1v) is 6.22. The molecule has 0 atom stereocenters. The summed E-state index contributed by atoms with van der Waals surface area (Å²) in [5.41, 5.74) is 1.02. The topological polar surface area (TPSA) is 66.8 Å². The standard InChI is InChI=1S/C14H20O4/c1-11-10-12(6-7-13(11)14(16)17)18-9-5-3-2-4-8-15/h6-7,10,15H,2-5,8-9H2,1H3,(H,16,17). The van der Waals surface area contributed by atoms with Gasteiger partial charge in [-0.05, 0) is 49.9 Å². The molecule has 0 aliphatic heterocycles. The normalized spacial score (nSPS) is 10.3. The summed E-state index contributed by atoms with van der Waals surface area (Å²) in [6.45, 7) is 2.63. The number of carboxylic acid groups (broad SMARTS) is 1. The third-order valence-electron chi connectivity index (χ3n) is 2.75. The number of unbranched alkanes of at least 4 members (excludes halogenated alkanes) is 3. The maximum absolute atomic E-state index is 10.8. The molecule has 4 nitrogen and oxygen atoms in total. The molecular weight excluding hydrogens is 232 g/mol. The molecule has 4 heteroatoms. The highest BCUT2D eigenvalue weighted by atomic mass is 16.5. The minimum atomic E-state index is -0.914. The molecule has 0 saturated heterocycles. The van der Waals surface area contributed by atoms with Gasteiger partial charge in [0.2, 0.25) is 0 Å². The van der Waals surface area contributed by atoms with Gasteiger partial charge in [-0.15, -0.1) is 0 Å². The van der Waals surface area contributed by atoms with Crippen LogP contribution in [0.15, 0.2) is 18.2 Å². The van der Waals surface area contributed by atoms with Crippen molar-refractivity contribution < 1.29 is 19.7 Å². The second kappa shape index (κ2) is 7.71. The Balaban J connectivity index is 2.35. The third-order valence-corrected chi connectivity index (χ3v) is 2.75. The third kappa shape index (κ3) is 4.75. The van der Waals surface area contributed by atoms with E-state index in [1.54, 1.807) is 25.1 Å². The zero-order valence-electron chi connectivity index (χ0n) is 10.7. The van der Waals surface area contributed by atoms with Crippen molar-refractivity contribution in [1.82, 2.24) is 0 Å². The van der Waals surface area contributed by atoms with Crippen LogP contribution in [0.3, 0.4) is 0 Å². The summed E-state index contributed by atoms with van der Waals surface area (Å²) < 4.78 is 5.55. The molecule has 0 unspecified atom stereocenters. The van der Waals surface area contributed by atoms with Crippen LogP contribution in [0.25, 0.3) is 0 Å². The van der Waals surface area contributed by atoms with Crippen molar-refractivity contribution >= 4 is 5.97 Å². The van der Waals surface area contributed by atoms with Crippen molar-refractivity contribution in [1.29, 1.82) is 0 Å². The van der Waals surface area contributed by atoms with Crippen LogP contribution in [-0.2, 0) is 0 Å². The van der Waals surface area contributed by atoms with Crippen LogP contribution < -0.4 is 4.74 Å². The Morgan fingerprint density at radius 3 is 2.56 bits per heavy atom.